The maximum atomic E-state index is 9.40. The van der Waals surface area contributed by atoms with Crippen LogP contribution in [-0.2, 0) is 6.42 Å². The molecule has 3 aromatic rings. The predicted octanol–water partition coefficient (Wildman–Crippen LogP) is 3.90. The van der Waals surface area contributed by atoms with Gasteiger partial charge >= 0.3 is 0 Å². The molecule has 0 saturated heterocycles. The van der Waals surface area contributed by atoms with Crippen LogP contribution in [0.5, 0.6) is 5.75 Å². The molecule has 1 aromatic heterocycles. The van der Waals surface area contributed by atoms with Gasteiger partial charge in [0, 0.05) is 6.42 Å². The van der Waals surface area contributed by atoms with Crippen molar-refractivity contribution in [3.8, 4) is 5.75 Å². The number of phenols is 1. The fraction of sp³-hybridized carbons (Fsp3) is 0.133. The molecule has 0 spiro atoms. The molecule has 0 aliphatic heterocycles. The van der Waals surface area contributed by atoms with Gasteiger partial charge < -0.3 is 5.11 Å². The molecule has 3 heteroatoms. The van der Waals surface area contributed by atoms with Crippen molar-refractivity contribution in [2.75, 3.05) is 0 Å². The van der Waals surface area contributed by atoms with Gasteiger partial charge in [0.15, 0.2) is 0 Å². The van der Waals surface area contributed by atoms with Crippen LogP contribution in [0.2, 0.25) is 0 Å². The van der Waals surface area contributed by atoms with E-state index in [0.717, 1.165) is 22.5 Å². The number of hydrogen-bond acceptors (Lipinski definition) is 3. The highest BCUT2D eigenvalue weighted by atomic mass is 32.1. The van der Waals surface area contributed by atoms with E-state index in [-0.39, 0.29) is 0 Å². The summed E-state index contributed by atoms with van der Waals surface area (Å²) < 4.78 is 1.23. The number of aromatic hydroxyl groups is 1. The molecule has 2 nitrogen and oxygen atoms in total. The molecular weight excluding hydrogens is 242 g/mol. The fourth-order valence-electron chi connectivity index (χ4n) is 2.04. The van der Waals surface area contributed by atoms with Crippen molar-refractivity contribution >= 4 is 21.6 Å². The van der Waals surface area contributed by atoms with Gasteiger partial charge in [-0.1, -0.05) is 18.2 Å². The number of benzene rings is 2. The molecule has 0 radical (unpaired) electrons. The van der Waals surface area contributed by atoms with Crippen molar-refractivity contribution in [1.82, 2.24) is 4.98 Å². The average molecular weight is 255 g/mol. The summed E-state index contributed by atoms with van der Waals surface area (Å²) in [5.41, 5.74) is 3.38. The molecule has 0 fully saturated rings. The van der Waals surface area contributed by atoms with Crippen molar-refractivity contribution in [3.05, 3.63) is 58.6 Å². The number of aryl methyl sites for hydroxylation is 1. The van der Waals surface area contributed by atoms with Crippen molar-refractivity contribution in [2.45, 2.75) is 13.3 Å². The van der Waals surface area contributed by atoms with E-state index >= 15 is 0 Å². The molecule has 0 amide bonds. The van der Waals surface area contributed by atoms with Crippen LogP contribution in [-0.4, -0.2) is 10.1 Å². The Hall–Kier alpha value is -1.87. The van der Waals surface area contributed by atoms with Gasteiger partial charge in [0.25, 0.3) is 0 Å². The second-order valence-electron chi connectivity index (χ2n) is 4.36. The van der Waals surface area contributed by atoms with Crippen LogP contribution in [0.15, 0.2) is 42.5 Å². The third kappa shape index (κ3) is 2.09. The van der Waals surface area contributed by atoms with E-state index < -0.39 is 0 Å². The zero-order chi connectivity index (χ0) is 12.5. The zero-order valence-electron chi connectivity index (χ0n) is 10.1. The maximum absolute atomic E-state index is 9.40. The second-order valence-corrected chi connectivity index (χ2v) is 5.48. The number of thiazole rings is 1. The Bertz CT molecular complexity index is 670. The van der Waals surface area contributed by atoms with E-state index in [9.17, 15) is 5.11 Å². The molecule has 0 bridgehead atoms. The minimum absolute atomic E-state index is 0.320. The molecule has 90 valence electrons. The number of hydrogen-bond donors (Lipinski definition) is 1. The van der Waals surface area contributed by atoms with E-state index in [0.29, 0.717) is 5.75 Å². The minimum atomic E-state index is 0.320. The van der Waals surface area contributed by atoms with Gasteiger partial charge in [-0.3, -0.25) is 0 Å². The number of phenolic OH excluding ortho intramolecular Hbond substituents is 1. The second kappa shape index (κ2) is 4.42. The molecule has 0 atom stereocenters. The van der Waals surface area contributed by atoms with Crippen LogP contribution in [0.3, 0.4) is 0 Å². The molecule has 3 rings (SSSR count). The zero-order valence-corrected chi connectivity index (χ0v) is 10.9. The SMILES string of the molecule is Cc1cc(O)ccc1Cc1nc2ccccc2s1. The standard InChI is InChI=1S/C15H13NOS/c1-10-8-12(17)7-6-11(10)9-15-16-13-4-2-3-5-14(13)18-15/h2-8,17H,9H2,1H3. The van der Waals surface area contributed by atoms with Crippen LogP contribution in [0.25, 0.3) is 10.2 Å². The van der Waals surface area contributed by atoms with Gasteiger partial charge in [-0.05, 0) is 42.3 Å². The first kappa shape index (κ1) is 11.2. The summed E-state index contributed by atoms with van der Waals surface area (Å²) in [4.78, 5) is 4.63. The summed E-state index contributed by atoms with van der Waals surface area (Å²) in [5.74, 6) is 0.320. The molecule has 0 aliphatic carbocycles. The Morgan fingerprint density at radius 1 is 1.17 bits per heavy atom. The highest BCUT2D eigenvalue weighted by Gasteiger charge is 2.06. The van der Waals surface area contributed by atoms with Crippen LogP contribution < -0.4 is 0 Å². The van der Waals surface area contributed by atoms with Crippen LogP contribution in [0.4, 0.5) is 0 Å². The first-order valence-corrected chi connectivity index (χ1v) is 6.67. The van der Waals surface area contributed by atoms with Gasteiger partial charge in [0.1, 0.15) is 5.75 Å². The van der Waals surface area contributed by atoms with Gasteiger partial charge in [-0.25, -0.2) is 4.98 Å². The normalized spacial score (nSPS) is 10.9. The number of fused-ring (bicyclic) bond motifs is 1. The van der Waals surface area contributed by atoms with Gasteiger partial charge in [-0.15, -0.1) is 11.3 Å². The number of aromatic nitrogens is 1. The lowest BCUT2D eigenvalue weighted by atomic mass is 10.1. The van der Waals surface area contributed by atoms with E-state index in [2.05, 4.69) is 11.1 Å². The Kier molecular flexibility index (Phi) is 2.76. The lowest BCUT2D eigenvalue weighted by Gasteiger charge is -2.03. The Labute approximate surface area is 110 Å². The number of para-hydroxylation sites is 1. The van der Waals surface area contributed by atoms with E-state index in [1.807, 2.05) is 31.2 Å². The van der Waals surface area contributed by atoms with E-state index in [4.69, 9.17) is 0 Å². The van der Waals surface area contributed by atoms with E-state index in [1.165, 1.54) is 10.3 Å². The summed E-state index contributed by atoms with van der Waals surface area (Å²) in [5, 5.41) is 10.5. The fourth-order valence-corrected chi connectivity index (χ4v) is 3.03. The largest absolute Gasteiger partial charge is 0.508 e. The van der Waals surface area contributed by atoms with Crippen molar-refractivity contribution < 1.29 is 5.11 Å². The monoisotopic (exact) mass is 255 g/mol. The summed E-state index contributed by atoms with van der Waals surface area (Å²) >= 11 is 1.73. The summed E-state index contributed by atoms with van der Waals surface area (Å²) in [6, 6.07) is 13.7. The highest BCUT2D eigenvalue weighted by molar-refractivity contribution is 7.18. The van der Waals surface area contributed by atoms with Crippen molar-refractivity contribution in [3.63, 3.8) is 0 Å². The quantitative estimate of drug-likeness (QED) is 0.753. The lowest BCUT2D eigenvalue weighted by Crippen LogP contribution is -1.90. The van der Waals surface area contributed by atoms with Gasteiger partial charge in [0.2, 0.25) is 0 Å². The van der Waals surface area contributed by atoms with Crippen molar-refractivity contribution in [2.24, 2.45) is 0 Å². The summed E-state index contributed by atoms with van der Waals surface area (Å²) in [6.07, 6.45) is 0.825. The molecule has 0 saturated carbocycles. The molecule has 1 heterocycles. The Morgan fingerprint density at radius 2 is 2.00 bits per heavy atom. The van der Waals surface area contributed by atoms with Crippen LogP contribution >= 0.6 is 11.3 Å². The van der Waals surface area contributed by atoms with E-state index in [1.54, 1.807) is 23.5 Å². The number of nitrogens with zero attached hydrogens (tertiary/aromatic N) is 1. The molecular formula is C15H13NOS. The predicted molar refractivity (Wildman–Crippen MR) is 75.3 cm³/mol. The maximum Gasteiger partial charge on any atom is 0.115 e. The van der Waals surface area contributed by atoms with Crippen molar-refractivity contribution in [1.29, 1.82) is 0 Å². The molecule has 18 heavy (non-hydrogen) atoms. The molecule has 0 unspecified atom stereocenters. The van der Waals surface area contributed by atoms with Gasteiger partial charge in [-0.2, -0.15) is 0 Å². The van der Waals surface area contributed by atoms with Gasteiger partial charge in [0.05, 0.1) is 15.2 Å². The highest BCUT2D eigenvalue weighted by Crippen LogP contribution is 2.25. The summed E-state index contributed by atoms with van der Waals surface area (Å²) in [6.45, 7) is 2.02. The molecule has 0 aliphatic rings. The minimum Gasteiger partial charge on any atom is -0.508 e. The topological polar surface area (TPSA) is 33.1 Å². The third-order valence-electron chi connectivity index (χ3n) is 3.01. The number of rotatable bonds is 2. The first-order valence-electron chi connectivity index (χ1n) is 5.85. The lowest BCUT2D eigenvalue weighted by molar-refractivity contribution is 0.474. The first-order chi connectivity index (χ1) is 8.72. The average Bonchev–Trinajstić information content (AvgIpc) is 2.75. The molecule has 1 N–H and O–H groups in total. The van der Waals surface area contributed by atoms with Crippen LogP contribution in [0, 0.1) is 6.92 Å². The Morgan fingerprint density at radius 3 is 2.78 bits per heavy atom. The summed E-state index contributed by atoms with van der Waals surface area (Å²) in [7, 11) is 0. The third-order valence-corrected chi connectivity index (χ3v) is 4.04. The molecule has 2 aromatic carbocycles. The Balaban J connectivity index is 1.96. The smallest absolute Gasteiger partial charge is 0.115 e. The van der Waals surface area contributed by atoms with Crippen LogP contribution in [0.1, 0.15) is 16.1 Å².